The molecule has 1 rings (SSSR count). The van der Waals surface area contributed by atoms with Crippen molar-refractivity contribution in [1.82, 2.24) is 4.98 Å². The number of aliphatic hydroxyl groups is 1. The minimum atomic E-state index is -3.39. The summed E-state index contributed by atoms with van der Waals surface area (Å²) in [5.74, 6) is 5.72. The third-order valence-corrected chi connectivity index (χ3v) is 3.80. The van der Waals surface area contributed by atoms with Gasteiger partial charge in [-0.3, -0.25) is 4.72 Å². The minimum Gasteiger partial charge on any atom is -0.395 e. The summed E-state index contributed by atoms with van der Waals surface area (Å²) >= 11 is 0. The first-order chi connectivity index (χ1) is 8.45. The summed E-state index contributed by atoms with van der Waals surface area (Å²) in [6, 6.07) is 4.92. The Labute approximate surface area is 107 Å². The Balaban J connectivity index is 2.88. The van der Waals surface area contributed by atoms with Gasteiger partial charge in [0, 0.05) is 6.42 Å². The molecule has 0 radical (unpaired) electrons. The van der Waals surface area contributed by atoms with Gasteiger partial charge in [-0.1, -0.05) is 12.0 Å². The highest BCUT2D eigenvalue weighted by molar-refractivity contribution is 7.93. The zero-order chi connectivity index (χ0) is 13.6. The highest BCUT2D eigenvalue weighted by atomic mass is 32.2. The van der Waals surface area contributed by atoms with Crippen LogP contribution in [-0.4, -0.2) is 30.4 Å². The van der Waals surface area contributed by atoms with E-state index in [4.69, 9.17) is 5.11 Å². The molecule has 6 heteroatoms. The highest BCUT2D eigenvalue weighted by Gasteiger charge is 2.15. The molecular formula is C12H16N2O3S. The van der Waals surface area contributed by atoms with Crippen molar-refractivity contribution in [2.45, 2.75) is 25.5 Å². The first kappa shape index (κ1) is 14.5. The van der Waals surface area contributed by atoms with Gasteiger partial charge in [-0.05, 0) is 31.9 Å². The quantitative estimate of drug-likeness (QED) is 0.797. The van der Waals surface area contributed by atoms with Crippen molar-refractivity contribution >= 4 is 15.8 Å². The largest absolute Gasteiger partial charge is 0.395 e. The second-order valence-electron chi connectivity index (χ2n) is 3.88. The second-order valence-corrected chi connectivity index (χ2v) is 6.12. The van der Waals surface area contributed by atoms with Gasteiger partial charge in [0.1, 0.15) is 11.5 Å². The summed E-state index contributed by atoms with van der Waals surface area (Å²) in [7, 11) is -3.39. The van der Waals surface area contributed by atoms with Gasteiger partial charge in [-0.15, -0.1) is 0 Å². The predicted molar refractivity (Wildman–Crippen MR) is 70.5 cm³/mol. The molecule has 0 aliphatic heterocycles. The maximum atomic E-state index is 11.7. The minimum absolute atomic E-state index is 0.00727. The summed E-state index contributed by atoms with van der Waals surface area (Å²) in [6.07, 6.45) is 0.365. The maximum absolute atomic E-state index is 11.7. The molecule has 0 unspecified atom stereocenters. The first-order valence-electron chi connectivity index (χ1n) is 5.54. The van der Waals surface area contributed by atoms with Gasteiger partial charge < -0.3 is 5.11 Å². The zero-order valence-corrected chi connectivity index (χ0v) is 11.2. The third-order valence-electron chi connectivity index (χ3n) is 2.07. The van der Waals surface area contributed by atoms with Crippen LogP contribution < -0.4 is 4.72 Å². The van der Waals surface area contributed by atoms with E-state index in [1.807, 2.05) is 0 Å². The van der Waals surface area contributed by atoms with E-state index in [0.717, 1.165) is 0 Å². The zero-order valence-electron chi connectivity index (χ0n) is 10.3. The Morgan fingerprint density at radius 3 is 2.78 bits per heavy atom. The van der Waals surface area contributed by atoms with Crippen molar-refractivity contribution < 1.29 is 13.5 Å². The molecule has 18 heavy (non-hydrogen) atoms. The van der Waals surface area contributed by atoms with Crippen LogP contribution in [0.15, 0.2) is 18.2 Å². The van der Waals surface area contributed by atoms with Crippen LogP contribution >= 0.6 is 0 Å². The fraction of sp³-hybridized carbons (Fsp3) is 0.417. The van der Waals surface area contributed by atoms with Crippen LogP contribution in [0.5, 0.6) is 0 Å². The molecule has 1 aromatic heterocycles. The van der Waals surface area contributed by atoms with Gasteiger partial charge in [0.25, 0.3) is 0 Å². The van der Waals surface area contributed by atoms with Crippen LogP contribution in [0.3, 0.4) is 0 Å². The molecule has 0 saturated carbocycles. The topological polar surface area (TPSA) is 79.3 Å². The maximum Gasteiger partial charge on any atom is 0.236 e. The number of pyridine rings is 1. The molecule has 1 heterocycles. The normalized spacial score (nSPS) is 10.9. The average Bonchev–Trinajstić information content (AvgIpc) is 2.29. The predicted octanol–water partition coefficient (Wildman–Crippen LogP) is 0.966. The molecule has 5 nitrogen and oxygen atoms in total. The molecule has 0 aliphatic carbocycles. The number of nitrogens with one attached hydrogen (secondary N) is 1. The second kappa shape index (κ2) is 6.38. The van der Waals surface area contributed by atoms with Crippen LogP contribution in [0.2, 0.25) is 0 Å². The number of sulfonamides is 1. The van der Waals surface area contributed by atoms with E-state index in [1.165, 1.54) is 0 Å². The van der Waals surface area contributed by atoms with Crippen molar-refractivity contribution in [2.75, 3.05) is 11.3 Å². The van der Waals surface area contributed by atoms with Gasteiger partial charge >= 0.3 is 0 Å². The monoisotopic (exact) mass is 268 g/mol. The number of aliphatic hydroxyl groups excluding tert-OH is 1. The summed E-state index contributed by atoms with van der Waals surface area (Å²) in [5.41, 5.74) is 0.465. The number of anilines is 1. The molecule has 0 fully saturated rings. The number of nitrogens with zero attached hydrogens (tertiary/aromatic N) is 1. The third kappa shape index (κ3) is 4.35. The lowest BCUT2D eigenvalue weighted by Crippen LogP contribution is -2.23. The number of rotatable bonds is 4. The lowest BCUT2D eigenvalue weighted by atomic mass is 10.3. The van der Waals surface area contributed by atoms with Crippen LogP contribution in [0.25, 0.3) is 0 Å². The fourth-order valence-corrected chi connectivity index (χ4v) is 1.67. The van der Waals surface area contributed by atoms with Gasteiger partial charge in [0.15, 0.2) is 0 Å². The summed E-state index contributed by atoms with van der Waals surface area (Å²) < 4.78 is 25.7. The number of hydrogen-bond donors (Lipinski definition) is 2. The average molecular weight is 268 g/mol. The van der Waals surface area contributed by atoms with Gasteiger partial charge in [0.05, 0.1) is 11.9 Å². The Bertz CT molecular complexity index is 556. The highest BCUT2D eigenvalue weighted by Crippen LogP contribution is 2.09. The SMILES string of the molecule is CC(C)S(=O)(=O)Nc1cccc(C#CCCO)n1. The van der Waals surface area contributed by atoms with E-state index in [1.54, 1.807) is 32.0 Å². The van der Waals surface area contributed by atoms with Gasteiger partial charge in [-0.2, -0.15) is 0 Å². The lowest BCUT2D eigenvalue weighted by molar-refractivity contribution is 0.305. The molecule has 98 valence electrons. The van der Waals surface area contributed by atoms with E-state index < -0.39 is 15.3 Å². The molecule has 0 spiro atoms. The van der Waals surface area contributed by atoms with Crippen molar-refractivity contribution in [3.8, 4) is 11.8 Å². The van der Waals surface area contributed by atoms with Crippen LogP contribution in [0.1, 0.15) is 26.0 Å². The van der Waals surface area contributed by atoms with Crippen molar-refractivity contribution in [3.63, 3.8) is 0 Å². The molecule has 0 atom stereocenters. The van der Waals surface area contributed by atoms with E-state index in [9.17, 15) is 8.42 Å². The molecule has 0 bridgehead atoms. The molecule has 0 amide bonds. The Morgan fingerprint density at radius 1 is 1.44 bits per heavy atom. The molecule has 0 saturated heterocycles. The number of aromatic nitrogens is 1. The van der Waals surface area contributed by atoms with E-state index >= 15 is 0 Å². The van der Waals surface area contributed by atoms with Crippen LogP contribution in [0, 0.1) is 11.8 Å². The first-order valence-corrected chi connectivity index (χ1v) is 7.09. The summed E-state index contributed by atoms with van der Waals surface area (Å²) in [5, 5.41) is 8.07. The van der Waals surface area contributed by atoms with E-state index in [0.29, 0.717) is 12.1 Å². The smallest absolute Gasteiger partial charge is 0.236 e. The van der Waals surface area contributed by atoms with Crippen molar-refractivity contribution in [1.29, 1.82) is 0 Å². The summed E-state index contributed by atoms with van der Waals surface area (Å²) in [4.78, 5) is 4.07. The van der Waals surface area contributed by atoms with E-state index in [2.05, 4.69) is 21.5 Å². The number of hydrogen-bond acceptors (Lipinski definition) is 4. The van der Waals surface area contributed by atoms with Gasteiger partial charge in [0.2, 0.25) is 10.0 Å². The lowest BCUT2D eigenvalue weighted by Gasteiger charge is -2.09. The summed E-state index contributed by atoms with van der Waals surface area (Å²) in [6.45, 7) is 3.17. The Kier molecular flexibility index (Phi) is 5.13. The van der Waals surface area contributed by atoms with Crippen LogP contribution in [0.4, 0.5) is 5.82 Å². The van der Waals surface area contributed by atoms with Gasteiger partial charge in [-0.25, -0.2) is 13.4 Å². The standard InChI is InChI=1S/C12H16N2O3S/c1-10(2)18(16,17)14-12-8-5-7-11(13-12)6-3-4-9-15/h5,7-8,10,15H,4,9H2,1-2H3,(H,13,14). The fourth-order valence-electron chi connectivity index (χ4n) is 1.03. The van der Waals surface area contributed by atoms with Crippen molar-refractivity contribution in [2.24, 2.45) is 0 Å². The molecule has 0 aliphatic rings. The molecule has 2 N–H and O–H groups in total. The molecule has 1 aromatic rings. The molecular weight excluding hydrogens is 252 g/mol. The molecule has 0 aromatic carbocycles. The van der Waals surface area contributed by atoms with Crippen LogP contribution in [-0.2, 0) is 10.0 Å². The van der Waals surface area contributed by atoms with Crippen molar-refractivity contribution in [3.05, 3.63) is 23.9 Å². The van der Waals surface area contributed by atoms with E-state index in [-0.39, 0.29) is 12.4 Å². The Morgan fingerprint density at radius 2 is 2.17 bits per heavy atom. The Hall–Kier alpha value is -1.58.